The third-order valence-corrected chi connectivity index (χ3v) is 7.63. The summed E-state index contributed by atoms with van der Waals surface area (Å²) in [5, 5.41) is 8.14. The van der Waals surface area contributed by atoms with Crippen LogP contribution in [-0.4, -0.2) is 36.2 Å². The van der Waals surface area contributed by atoms with Crippen LogP contribution in [0.15, 0.2) is 108 Å². The molecule has 4 aromatic carbocycles. The van der Waals surface area contributed by atoms with E-state index in [4.69, 9.17) is 9.47 Å². The summed E-state index contributed by atoms with van der Waals surface area (Å²) in [6.07, 6.45) is 1.64. The lowest BCUT2D eigenvalue weighted by Gasteiger charge is -2.19. The van der Waals surface area contributed by atoms with Gasteiger partial charge in [-0.1, -0.05) is 48.0 Å². The van der Waals surface area contributed by atoms with Gasteiger partial charge in [-0.3, -0.25) is 14.4 Å². The van der Waals surface area contributed by atoms with E-state index >= 15 is 0 Å². The van der Waals surface area contributed by atoms with Crippen LogP contribution in [-0.2, 0) is 9.59 Å². The van der Waals surface area contributed by atoms with Crippen LogP contribution in [0.5, 0.6) is 11.5 Å². The molecule has 1 unspecified atom stereocenters. The van der Waals surface area contributed by atoms with E-state index in [2.05, 4.69) is 16.0 Å². The second-order valence-corrected chi connectivity index (χ2v) is 11.3. The van der Waals surface area contributed by atoms with Gasteiger partial charge in [0.2, 0.25) is 5.91 Å². The first kappa shape index (κ1) is 29.5. The van der Waals surface area contributed by atoms with E-state index in [0.29, 0.717) is 41.7 Å². The number of hydrogen-bond donors (Lipinski definition) is 3. The number of carbonyl (C=O) groups is 3. The number of fused-ring (bicyclic) bond motifs is 1. The minimum absolute atomic E-state index is 0.112. The molecule has 9 heteroatoms. The molecule has 0 fully saturated rings. The van der Waals surface area contributed by atoms with Gasteiger partial charge in [0, 0.05) is 27.9 Å². The molecule has 8 nitrogen and oxygen atoms in total. The number of aryl methyl sites for hydroxylation is 1. The summed E-state index contributed by atoms with van der Waals surface area (Å²) in [5.41, 5.74) is 3.60. The van der Waals surface area contributed by atoms with Gasteiger partial charge in [-0.2, -0.15) is 0 Å². The van der Waals surface area contributed by atoms with Crippen LogP contribution in [0.4, 0.5) is 11.4 Å². The lowest BCUT2D eigenvalue weighted by Crippen LogP contribution is -2.30. The first-order chi connectivity index (χ1) is 20.8. The van der Waals surface area contributed by atoms with Crippen molar-refractivity contribution in [2.24, 2.45) is 0 Å². The average Bonchev–Trinajstić information content (AvgIpc) is 3.03. The van der Waals surface area contributed by atoms with Crippen LogP contribution in [0.1, 0.15) is 28.4 Å². The smallest absolute Gasteiger partial charge is 0.272 e. The van der Waals surface area contributed by atoms with Gasteiger partial charge in [0.05, 0.1) is 5.25 Å². The summed E-state index contributed by atoms with van der Waals surface area (Å²) >= 11 is 1.39. The van der Waals surface area contributed by atoms with Gasteiger partial charge < -0.3 is 25.4 Å². The zero-order chi connectivity index (χ0) is 30.2. The molecule has 0 saturated carbocycles. The highest BCUT2D eigenvalue weighted by molar-refractivity contribution is 8.00. The standard InChI is InChI=1S/C34H31N3O5S/c1-22-8-10-24(11-9-22)20-29(37-33(39)25-6-4-3-5-7-25)34(40)35-26-12-15-28(16-13-26)43-23(2)32(38)36-27-14-17-30-31(21-27)42-19-18-41-30/h3-17,20-21,23H,18-19H2,1-2H3,(H,35,40)(H,36,38)(H,37,39)/b29-20-. The van der Waals surface area contributed by atoms with Gasteiger partial charge in [0.25, 0.3) is 11.8 Å². The molecule has 1 atom stereocenters. The first-order valence-corrected chi connectivity index (χ1v) is 14.7. The molecule has 0 spiro atoms. The largest absolute Gasteiger partial charge is 0.486 e. The monoisotopic (exact) mass is 593 g/mol. The highest BCUT2D eigenvalue weighted by atomic mass is 32.2. The Balaban J connectivity index is 1.22. The van der Waals surface area contributed by atoms with Crippen LogP contribution in [0.3, 0.4) is 0 Å². The lowest BCUT2D eigenvalue weighted by molar-refractivity contribution is -0.115. The maximum absolute atomic E-state index is 13.3. The highest BCUT2D eigenvalue weighted by Crippen LogP contribution is 2.33. The van der Waals surface area contributed by atoms with E-state index in [9.17, 15) is 14.4 Å². The lowest BCUT2D eigenvalue weighted by atomic mass is 10.1. The fourth-order valence-electron chi connectivity index (χ4n) is 4.21. The fourth-order valence-corrected chi connectivity index (χ4v) is 5.08. The highest BCUT2D eigenvalue weighted by Gasteiger charge is 2.18. The number of amides is 3. The number of nitrogens with one attached hydrogen (secondary N) is 3. The number of ether oxygens (including phenoxy) is 2. The summed E-state index contributed by atoms with van der Waals surface area (Å²) < 4.78 is 11.1. The van der Waals surface area contributed by atoms with Crippen molar-refractivity contribution in [3.05, 3.63) is 119 Å². The molecule has 3 N–H and O–H groups in total. The summed E-state index contributed by atoms with van der Waals surface area (Å²) in [6, 6.07) is 28.9. The van der Waals surface area contributed by atoms with Gasteiger partial charge >= 0.3 is 0 Å². The maximum Gasteiger partial charge on any atom is 0.272 e. The number of rotatable bonds is 9. The Morgan fingerprint density at radius 3 is 2.19 bits per heavy atom. The van der Waals surface area contributed by atoms with E-state index in [-0.39, 0.29) is 22.8 Å². The number of thioether (sulfide) groups is 1. The molecule has 0 saturated heterocycles. The molecule has 1 aliphatic rings. The van der Waals surface area contributed by atoms with E-state index in [1.54, 1.807) is 60.7 Å². The molecule has 0 bridgehead atoms. The summed E-state index contributed by atoms with van der Waals surface area (Å²) in [4.78, 5) is 39.8. The van der Waals surface area contributed by atoms with Gasteiger partial charge in [-0.15, -0.1) is 11.8 Å². The SMILES string of the molecule is Cc1ccc(/C=C(\NC(=O)c2ccccc2)C(=O)Nc2ccc(SC(C)C(=O)Nc3ccc4c(c3)OCCO4)cc2)cc1. The second-order valence-electron chi connectivity index (χ2n) is 9.88. The molecular formula is C34H31N3O5S. The van der Waals surface area contributed by atoms with E-state index in [1.807, 2.05) is 56.3 Å². The summed E-state index contributed by atoms with van der Waals surface area (Å²) in [5.74, 6) is 0.273. The zero-order valence-corrected chi connectivity index (χ0v) is 24.6. The first-order valence-electron chi connectivity index (χ1n) is 13.8. The van der Waals surface area contributed by atoms with Crippen molar-refractivity contribution in [1.29, 1.82) is 0 Å². The van der Waals surface area contributed by atoms with Crippen LogP contribution >= 0.6 is 11.8 Å². The minimum Gasteiger partial charge on any atom is -0.486 e. The molecule has 4 aromatic rings. The van der Waals surface area contributed by atoms with E-state index in [1.165, 1.54) is 11.8 Å². The maximum atomic E-state index is 13.3. The van der Waals surface area contributed by atoms with Gasteiger partial charge in [0.15, 0.2) is 11.5 Å². The third-order valence-electron chi connectivity index (χ3n) is 6.52. The Morgan fingerprint density at radius 2 is 1.47 bits per heavy atom. The Bertz CT molecular complexity index is 1640. The van der Waals surface area contributed by atoms with Crippen molar-refractivity contribution in [3.63, 3.8) is 0 Å². The van der Waals surface area contributed by atoms with Crippen molar-refractivity contribution < 1.29 is 23.9 Å². The van der Waals surface area contributed by atoms with Crippen molar-refractivity contribution in [2.75, 3.05) is 23.8 Å². The Morgan fingerprint density at radius 1 is 0.791 bits per heavy atom. The number of benzene rings is 4. The predicted molar refractivity (Wildman–Crippen MR) is 170 cm³/mol. The molecule has 5 rings (SSSR count). The van der Waals surface area contributed by atoms with Crippen molar-refractivity contribution in [1.82, 2.24) is 5.32 Å². The van der Waals surface area contributed by atoms with E-state index in [0.717, 1.165) is 16.0 Å². The fraction of sp³-hybridized carbons (Fsp3) is 0.147. The molecule has 218 valence electrons. The Labute approximate surface area is 254 Å². The van der Waals surface area contributed by atoms with Crippen molar-refractivity contribution >= 4 is 46.9 Å². The summed E-state index contributed by atoms with van der Waals surface area (Å²) in [6.45, 7) is 4.78. The average molecular weight is 594 g/mol. The topological polar surface area (TPSA) is 106 Å². The number of carbonyl (C=O) groups excluding carboxylic acids is 3. The van der Waals surface area contributed by atoms with Crippen molar-refractivity contribution in [3.8, 4) is 11.5 Å². The minimum atomic E-state index is -0.461. The normalized spacial score (nSPS) is 13.0. The summed E-state index contributed by atoms with van der Waals surface area (Å²) in [7, 11) is 0. The zero-order valence-electron chi connectivity index (χ0n) is 23.8. The van der Waals surface area contributed by atoms with Gasteiger partial charge in [0.1, 0.15) is 18.9 Å². The van der Waals surface area contributed by atoms with E-state index < -0.39 is 5.91 Å². The number of hydrogen-bond acceptors (Lipinski definition) is 6. The molecule has 0 aromatic heterocycles. The quantitative estimate of drug-likeness (QED) is 0.156. The van der Waals surface area contributed by atoms with Crippen LogP contribution in [0.25, 0.3) is 6.08 Å². The number of anilines is 2. The molecule has 0 aliphatic carbocycles. The third kappa shape index (κ3) is 8.05. The van der Waals surface area contributed by atoms with Crippen molar-refractivity contribution in [2.45, 2.75) is 24.0 Å². The predicted octanol–water partition coefficient (Wildman–Crippen LogP) is 6.30. The second kappa shape index (κ2) is 13.8. The molecule has 3 amide bonds. The molecule has 0 radical (unpaired) electrons. The van der Waals surface area contributed by atoms with Crippen LogP contribution in [0, 0.1) is 6.92 Å². The van der Waals surface area contributed by atoms with Gasteiger partial charge in [-0.25, -0.2) is 0 Å². The molecule has 1 heterocycles. The molecule has 43 heavy (non-hydrogen) atoms. The molecule has 1 aliphatic heterocycles. The van der Waals surface area contributed by atoms with Gasteiger partial charge in [-0.05, 0) is 74.0 Å². The molecular weight excluding hydrogens is 562 g/mol. The Kier molecular flexibility index (Phi) is 9.43. The van der Waals surface area contributed by atoms with Crippen LogP contribution < -0.4 is 25.4 Å². The Hall–Kier alpha value is -5.02. The van der Waals surface area contributed by atoms with Crippen LogP contribution in [0.2, 0.25) is 0 Å².